The van der Waals surface area contributed by atoms with Crippen molar-refractivity contribution < 1.29 is 13.2 Å². The quantitative estimate of drug-likeness (QED) is 0.558. The van der Waals surface area contributed by atoms with Gasteiger partial charge in [-0.25, -0.2) is 13.4 Å². The van der Waals surface area contributed by atoms with Crippen molar-refractivity contribution in [1.29, 1.82) is 0 Å². The number of carbonyl (C=O) groups is 1. The number of hydrogen-bond acceptors (Lipinski definition) is 6. The van der Waals surface area contributed by atoms with Crippen molar-refractivity contribution in [2.45, 2.75) is 32.7 Å². The van der Waals surface area contributed by atoms with Crippen molar-refractivity contribution in [3.63, 3.8) is 0 Å². The predicted octanol–water partition coefficient (Wildman–Crippen LogP) is 4.23. The first-order valence-electron chi connectivity index (χ1n) is 9.23. The van der Waals surface area contributed by atoms with Crippen LogP contribution in [0.1, 0.15) is 36.0 Å². The van der Waals surface area contributed by atoms with Crippen molar-refractivity contribution in [2.24, 2.45) is 5.92 Å². The molecule has 0 aliphatic carbocycles. The molecule has 1 aliphatic rings. The molecule has 0 bridgehead atoms. The van der Waals surface area contributed by atoms with Crippen LogP contribution in [0.5, 0.6) is 0 Å². The average molecular weight is 438 g/mol. The van der Waals surface area contributed by atoms with E-state index in [0.717, 1.165) is 28.0 Å². The minimum atomic E-state index is -2.89. The van der Waals surface area contributed by atoms with E-state index in [4.69, 9.17) is 11.6 Å². The molecule has 3 aromatic rings. The topological polar surface area (TPSA) is 81.9 Å². The fourth-order valence-electron chi connectivity index (χ4n) is 3.63. The molecule has 0 N–H and O–H groups in total. The molecule has 9 heteroatoms. The van der Waals surface area contributed by atoms with Crippen molar-refractivity contribution in [1.82, 2.24) is 13.9 Å². The van der Waals surface area contributed by atoms with Crippen LogP contribution in [0.3, 0.4) is 0 Å². The molecule has 0 atom stereocenters. The van der Waals surface area contributed by atoms with Crippen molar-refractivity contribution in [3.8, 4) is 11.4 Å². The minimum absolute atomic E-state index is 0.0195. The van der Waals surface area contributed by atoms with E-state index in [9.17, 15) is 13.2 Å². The Morgan fingerprint density at radius 3 is 2.79 bits per heavy atom. The van der Waals surface area contributed by atoms with Crippen LogP contribution in [-0.4, -0.2) is 39.6 Å². The lowest BCUT2D eigenvalue weighted by Gasteiger charge is -2.22. The fourth-order valence-corrected chi connectivity index (χ4v) is 6.19. The molecule has 28 heavy (non-hydrogen) atoms. The van der Waals surface area contributed by atoms with Gasteiger partial charge in [-0.2, -0.15) is 4.37 Å². The molecule has 1 aromatic carbocycles. The molecule has 0 saturated carbocycles. The Bertz CT molecular complexity index is 1140. The van der Waals surface area contributed by atoms with E-state index < -0.39 is 9.84 Å². The Labute approximate surface area is 172 Å². The largest absolute Gasteiger partial charge is 0.345 e. The second kappa shape index (κ2) is 7.57. The lowest BCUT2D eigenvalue weighted by Crippen LogP contribution is -2.25. The van der Waals surface area contributed by atoms with Gasteiger partial charge in [0.25, 0.3) is 0 Å². The van der Waals surface area contributed by atoms with Gasteiger partial charge in [0, 0.05) is 30.1 Å². The summed E-state index contributed by atoms with van der Waals surface area (Å²) in [5, 5.41) is 1.98. The van der Waals surface area contributed by atoms with Crippen LogP contribution in [0, 0.1) is 5.92 Å². The molecule has 1 saturated heterocycles. The standard InChI is InChI=1S/C19H20ClN3O3S2/c1-2-16(24)19-21-18(22-27-19)14-11-23(17-13(14)4-3-5-15(17)20)10-12-6-8-28(25,26)9-7-12/h3-5,11-12H,2,6-10H2,1H3. The monoisotopic (exact) mass is 437 g/mol. The van der Waals surface area contributed by atoms with Gasteiger partial charge >= 0.3 is 0 Å². The second-order valence-electron chi connectivity index (χ2n) is 7.13. The van der Waals surface area contributed by atoms with E-state index in [2.05, 4.69) is 13.9 Å². The van der Waals surface area contributed by atoms with E-state index in [-0.39, 0.29) is 23.2 Å². The van der Waals surface area contributed by atoms with Crippen molar-refractivity contribution >= 4 is 49.7 Å². The molecule has 1 aliphatic heterocycles. The Kier molecular flexibility index (Phi) is 5.28. The Balaban J connectivity index is 1.72. The first-order valence-corrected chi connectivity index (χ1v) is 12.2. The van der Waals surface area contributed by atoms with Crippen molar-refractivity contribution in [3.05, 3.63) is 34.4 Å². The highest BCUT2D eigenvalue weighted by atomic mass is 35.5. The summed E-state index contributed by atoms with van der Waals surface area (Å²) in [7, 11) is -2.89. The maximum atomic E-state index is 11.9. The van der Waals surface area contributed by atoms with Crippen LogP contribution in [0.2, 0.25) is 5.02 Å². The molecule has 0 amide bonds. The third kappa shape index (κ3) is 3.73. The molecular formula is C19H20ClN3O3S2. The van der Waals surface area contributed by atoms with Crippen LogP contribution in [0.15, 0.2) is 24.4 Å². The number of Topliss-reactive ketones (excluding diaryl/α,β-unsaturated/α-hetero) is 1. The number of ketones is 1. The number of rotatable bonds is 5. The summed E-state index contributed by atoms with van der Waals surface area (Å²) in [5.41, 5.74) is 1.73. The van der Waals surface area contributed by atoms with Gasteiger partial charge < -0.3 is 4.57 Å². The van der Waals surface area contributed by atoms with Gasteiger partial charge in [0.05, 0.1) is 22.0 Å². The molecule has 0 spiro atoms. The third-order valence-corrected chi connectivity index (χ3v) is 7.98. The summed E-state index contributed by atoms with van der Waals surface area (Å²) in [6.45, 7) is 2.50. The maximum absolute atomic E-state index is 11.9. The number of nitrogens with zero attached hydrogens (tertiary/aromatic N) is 3. The summed E-state index contributed by atoms with van der Waals surface area (Å²) < 4.78 is 29.9. The fraction of sp³-hybridized carbons (Fsp3) is 0.421. The van der Waals surface area contributed by atoms with Gasteiger partial charge in [0.1, 0.15) is 9.84 Å². The van der Waals surface area contributed by atoms with Crippen LogP contribution in [-0.2, 0) is 16.4 Å². The van der Waals surface area contributed by atoms with Gasteiger partial charge in [-0.3, -0.25) is 4.79 Å². The average Bonchev–Trinajstić information content (AvgIpc) is 3.29. The maximum Gasteiger partial charge on any atom is 0.192 e. The van der Waals surface area contributed by atoms with Gasteiger partial charge in [-0.15, -0.1) is 0 Å². The summed E-state index contributed by atoms with van der Waals surface area (Å²) >= 11 is 7.61. The number of halogens is 1. The van der Waals surface area contributed by atoms with E-state index in [1.54, 1.807) is 6.92 Å². The smallest absolute Gasteiger partial charge is 0.192 e. The molecule has 1 fully saturated rings. The van der Waals surface area contributed by atoms with Gasteiger partial charge in [0.2, 0.25) is 0 Å². The zero-order valence-corrected chi connectivity index (χ0v) is 17.8. The highest BCUT2D eigenvalue weighted by molar-refractivity contribution is 7.91. The molecule has 4 rings (SSSR count). The number of sulfone groups is 1. The lowest BCUT2D eigenvalue weighted by atomic mass is 10.0. The van der Waals surface area contributed by atoms with E-state index >= 15 is 0 Å². The summed E-state index contributed by atoms with van der Waals surface area (Å²) in [5.74, 6) is 1.28. The van der Waals surface area contributed by atoms with Gasteiger partial charge in [-0.05, 0) is 36.4 Å². The minimum Gasteiger partial charge on any atom is -0.345 e. The van der Waals surface area contributed by atoms with Crippen LogP contribution in [0.4, 0.5) is 0 Å². The Morgan fingerprint density at radius 1 is 1.32 bits per heavy atom. The number of fused-ring (bicyclic) bond motifs is 1. The first kappa shape index (κ1) is 19.5. The molecule has 2 aromatic heterocycles. The molecule has 0 unspecified atom stereocenters. The van der Waals surface area contributed by atoms with Crippen LogP contribution in [0.25, 0.3) is 22.3 Å². The predicted molar refractivity (Wildman–Crippen MR) is 112 cm³/mol. The molecule has 0 radical (unpaired) electrons. The first-order chi connectivity index (χ1) is 13.4. The lowest BCUT2D eigenvalue weighted by molar-refractivity contribution is 0.0988. The second-order valence-corrected chi connectivity index (χ2v) is 10.6. The normalized spacial score (nSPS) is 17.2. The number of hydrogen-bond donors (Lipinski definition) is 0. The number of para-hydroxylation sites is 1. The van der Waals surface area contributed by atoms with Gasteiger partial charge in [0.15, 0.2) is 16.6 Å². The zero-order chi connectivity index (χ0) is 19.9. The molecule has 148 valence electrons. The Morgan fingerprint density at radius 2 is 2.07 bits per heavy atom. The summed E-state index contributed by atoms with van der Waals surface area (Å²) in [6, 6.07) is 5.70. The van der Waals surface area contributed by atoms with Crippen LogP contribution < -0.4 is 0 Å². The summed E-state index contributed by atoms with van der Waals surface area (Å²) in [4.78, 5) is 16.4. The number of aromatic nitrogens is 3. The zero-order valence-electron chi connectivity index (χ0n) is 15.4. The highest BCUT2D eigenvalue weighted by Crippen LogP contribution is 2.35. The molecular weight excluding hydrogens is 418 g/mol. The van der Waals surface area contributed by atoms with Crippen molar-refractivity contribution in [2.75, 3.05) is 11.5 Å². The van der Waals surface area contributed by atoms with E-state index in [1.807, 2.05) is 24.4 Å². The van der Waals surface area contributed by atoms with Gasteiger partial charge in [-0.1, -0.05) is 30.7 Å². The number of carbonyl (C=O) groups excluding carboxylic acids is 1. The number of benzene rings is 1. The third-order valence-electron chi connectivity index (χ3n) is 5.20. The Hall–Kier alpha value is -1.77. The molecule has 6 nitrogen and oxygen atoms in total. The molecule has 3 heterocycles. The SMILES string of the molecule is CCC(=O)c1nc(-c2cn(CC3CCS(=O)(=O)CC3)c3c(Cl)cccc23)ns1. The summed E-state index contributed by atoms with van der Waals surface area (Å²) in [6.07, 6.45) is 3.69. The highest BCUT2D eigenvalue weighted by Gasteiger charge is 2.25. The van der Waals surface area contributed by atoms with E-state index in [0.29, 0.717) is 41.7 Å². The van der Waals surface area contributed by atoms with Crippen LogP contribution >= 0.6 is 23.1 Å². The van der Waals surface area contributed by atoms with E-state index in [1.165, 1.54) is 0 Å².